The Morgan fingerprint density at radius 1 is 0.490 bits per heavy atom. The van der Waals surface area contributed by atoms with Crippen LogP contribution in [0.2, 0.25) is 0 Å². The minimum Gasteiger partial charge on any atom is -0.456 e. The van der Waals surface area contributed by atoms with Crippen molar-refractivity contribution in [1.82, 2.24) is 0 Å². The number of para-hydroxylation sites is 1. The van der Waals surface area contributed by atoms with E-state index in [0.29, 0.717) is 5.69 Å². The van der Waals surface area contributed by atoms with Gasteiger partial charge in [-0.25, -0.2) is 4.85 Å². The zero-order valence-electron chi connectivity index (χ0n) is 26.9. The molecule has 10 rings (SSSR count). The second kappa shape index (κ2) is 10.3. The summed E-state index contributed by atoms with van der Waals surface area (Å²) in [4.78, 5) is 3.63. The maximum absolute atomic E-state index is 7.48. The largest absolute Gasteiger partial charge is 0.456 e. The Balaban J connectivity index is 1.35. The maximum Gasteiger partial charge on any atom is 0.187 e. The summed E-state index contributed by atoms with van der Waals surface area (Å²) in [6, 6.07) is 52.6. The fourth-order valence-electron chi connectivity index (χ4n) is 8.29. The molecule has 2 aliphatic carbocycles. The Morgan fingerprint density at radius 2 is 1.10 bits per heavy atom. The van der Waals surface area contributed by atoms with E-state index in [1.807, 2.05) is 18.2 Å². The highest BCUT2D eigenvalue weighted by molar-refractivity contribution is 6.08. The van der Waals surface area contributed by atoms with Gasteiger partial charge in [0.1, 0.15) is 11.2 Å². The van der Waals surface area contributed by atoms with Gasteiger partial charge in [-0.1, -0.05) is 133 Å². The fraction of sp³-hybridized carbons (Fsp3) is 0.0426. The van der Waals surface area contributed by atoms with Gasteiger partial charge in [0, 0.05) is 10.8 Å². The molecule has 1 spiro atoms. The second-order valence-electron chi connectivity index (χ2n) is 13.2. The van der Waals surface area contributed by atoms with Crippen LogP contribution in [-0.2, 0) is 5.41 Å². The molecule has 7 aromatic carbocycles. The van der Waals surface area contributed by atoms with Gasteiger partial charge >= 0.3 is 0 Å². The highest BCUT2D eigenvalue weighted by atomic mass is 16.3. The van der Waals surface area contributed by atoms with E-state index in [2.05, 4.69) is 151 Å². The van der Waals surface area contributed by atoms with E-state index >= 15 is 0 Å². The third-order valence-electron chi connectivity index (χ3n) is 10.6. The fourth-order valence-corrected chi connectivity index (χ4v) is 8.29. The first-order valence-corrected chi connectivity index (χ1v) is 16.7. The third-order valence-corrected chi connectivity index (χ3v) is 10.6. The molecule has 49 heavy (non-hydrogen) atoms. The van der Waals surface area contributed by atoms with Gasteiger partial charge in [-0.05, 0) is 104 Å². The van der Waals surface area contributed by atoms with E-state index in [4.69, 9.17) is 11.0 Å². The van der Waals surface area contributed by atoms with E-state index in [1.165, 1.54) is 61.2 Å². The highest BCUT2D eigenvalue weighted by Gasteiger charge is 2.49. The van der Waals surface area contributed by atoms with E-state index in [0.717, 1.165) is 33.1 Å². The molecule has 8 aromatic rings. The smallest absolute Gasteiger partial charge is 0.187 e. The summed E-state index contributed by atoms with van der Waals surface area (Å²) in [7, 11) is 0. The minimum atomic E-state index is -0.625. The molecular formula is C47H29NO. The molecule has 1 unspecified atom stereocenters. The lowest BCUT2D eigenvalue weighted by atomic mass is 9.65. The summed E-state index contributed by atoms with van der Waals surface area (Å²) in [6.45, 7) is 9.61. The Hall–Kier alpha value is -6.43. The van der Waals surface area contributed by atoms with Crippen LogP contribution in [0.3, 0.4) is 0 Å². The summed E-state index contributed by atoms with van der Waals surface area (Å²) in [5.74, 6) is 0. The predicted molar refractivity (Wildman–Crippen MR) is 202 cm³/mol. The lowest BCUT2D eigenvalue weighted by molar-refractivity contribution is 0.666. The molecule has 2 heteroatoms. The molecule has 1 heterocycles. The zero-order chi connectivity index (χ0) is 32.7. The number of benzene rings is 7. The van der Waals surface area contributed by atoms with Crippen molar-refractivity contribution in [1.29, 1.82) is 0 Å². The van der Waals surface area contributed by atoms with Crippen LogP contribution in [0.4, 0.5) is 5.69 Å². The Kier molecular flexibility index (Phi) is 5.81. The Bertz CT molecular complexity index is 2720. The van der Waals surface area contributed by atoms with Gasteiger partial charge in [0.2, 0.25) is 0 Å². The van der Waals surface area contributed by atoms with Crippen molar-refractivity contribution in [3.63, 3.8) is 0 Å². The summed E-state index contributed by atoms with van der Waals surface area (Å²) in [5, 5.41) is 2.27. The molecule has 1 aromatic heterocycles. The van der Waals surface area contributed by atoms with Gasteiger partial charge in [-0.3, -0.25) is 0 Å². The highest BCUT2D eigenvalue weighted by Crippen LogP contribution is 2.60. The molecule has 0 bridgehead atoms. The number of rotatable bonds is 2. The van der Waals surface area contributed by atoms with Crippen LogP contribution in [0.5, 0.6) is 0 Å². The molecule has 0 saturated carbocycles. The SMILES string of the molecule is [C-]#[N+]c1ccc(-c2ccc3c(c2)C2(c4cc(-c5ccc(C)cc5)ccc4C=C3)c3ccccc3-c3cc4c(cc32)oc2ccccc24)cc1. The molecule has 228 valence electrons. The second-order valence-corrected chi connectivity index (χ2v) is 13.2. The normalized spacial score (nSPS) is 15.4. The molecule has 2 aliphatic rings. The van der Waals surface area contributed by atoms with Crippen LogP contribution in [0.15, 0.2) is 150 Å². The average molecular weight is 624 g/mol. The number of aryl methyl sites for hydroxylation is 1. The molecule has 0 aliphatic heterocycles. The van der Waals surface area contributed by atoms with Crippen LogP contribution < -0.4 is 0 Å². The van der Waals surface area contributed by atoms with Crippen LogP contribution in [0, 0.1) is 13.5 Å². The van der Waals surface area contributed by atoms with Crippen molar-refractivity contribution < 1.29 is 4.42 Å². The van der Waals surface area contributed by atoms with Crippen molar-refractivity contribution in [3.05, 3.63) is 196 Å². The van der Waals surface area contributed by atoms with Gasteiger partial charge in [-0.15, -0.1) is 0 Å². The van der Waals surface area contributed by atoms with Crippen molar-refractivity contribution >= 4 is 39.8 Å². The first kappa shape index (κ1) is 27.7. The molecule has 0 fully saturated rings. The van der Waals surface area contributed by atoms with Crippen LogP contribution in [0.1, 0.15) is 38.9 Å². The Morgan fingerprint density at radius 3 is 1.80 bits per heavy atom. The topological polar surface area (TPSA) is 17.5 Å². The van der Waals surface area contributed by atoms with Crippen LogP contribution >= 0.6 is 0 Å². The van der Waals surface area contributed by atoms with E-state index in [-0.39, 0.29) is 0 Å². The minimum absolute atomic E-state index is 0.625. The van der Waals surface area contributed by atoms with E-state index < -0.39 is 5.41 Å². The van der Waals surface area contributed by atoms with Crippen LogP contribution in [-0.4, -0.2) is 0 Å². The van der Waals surface area contributed by atoms with Gasteiger partial charge in [0.15, 0.2) is 5.69 Å². The van der Waals surface area contributed by atoms with Gasteiger partial charge < -0.3 is 4.42 Å². The summed E-state index contributed by atoms with van der Waals surface area (Å²) in [6.07, 6.45) is 4.56. The molecule has 0 N–H and O–H groups in total. The molecule has 0 radical (unpaired) electrons. The first-order valence-electron chi connectivity index (χ1n) is 16.7. The molecular weight excluding hydrogens is 595 g/mol. The standard InChI is InChI=1S/C47H29NO/c1-29-11-13-30(14-12-29)34-19-17-32-15-16-33-18-20-35(31-21-23-36(48-2)24-22-31)26-43(33)47(42(32)25-34)41-9-5-3-7-37(41)39-27-40-38-8-4-6-10-45(38)49-46(40)28-44(39)47/h3-28H,1H3. The molecule has 0 amide bonds. The van der Waals surface area contributed by atoms with Crippen molar-refractivity contribution in [2.45, 2.75) is 12.3 Å². The average Bonchev–Trinajstić information content (AvgIpc) is 3.61. The monoisotopic (exact) mass is 623 g/mol. The number of nitrogens with zero attached hydrogens (tertiary/aromatic N) is 1. The molecule has 1 atom stereocenters. The molecule has 2 nitrogen and oxygen atoms in total. The van der Waals surface area contributed by atoms with Crippen LogP contribution in [0.25, 0.3) is 72.3 Å². The third kappa shape index (κ3) is 3.94. The quantitative estimate of drug-likeness (QED) is 0.175. The number of fused-ring (bicyclic) bond motifs is 12. The van der Waals surface area contributed by atoms with Gasteiger partial charge in [-0.2, -0.15) is 0 Å². The van der Waals surface area contributed by atoms with Crippen molar-refractivity contribution in [3.8, 4) is 33.4 Å². The summed E-state index contributed by atoms with van der Waals surface area (Å²) in [5.41, 5.74) is 17.5. The maximum atomic E-state index is 7.48. The number of hydrogen-bond donors (Lipinski definition) is 0. The van der Waals surface area contributed by atoms with Crippen molar-refractivity contribution in [2.24, 2.45) is 0 Å². The van der Waals surface area contributed by atoms with E-state index in [9.17, 15) is 0 Å². The van der Waals surface area contributed by atoms with Gasteiger partial charge in [0.25, 0.3) is 0 Å². The summed E-state index contributed by atoms with van der Waals surface area (Å²) < 4.78 is 6.60. The summed E-state index contributed by atoms with van der Waals surface area (Å²) >= 11 is 0. The van der Waals surface area contributed by atoms with E-state index in [1.54, 1.807) is 0 Å². The lowest BCUT2D eigenvalue weighted by Gasteiger charge is -2.36. The lowest BCUT2D eigenvalue weighted by Crippen LogP contribution is -2.30. The first-order chi connectivity index (χ1) is 24.1. The predicted octanol–water partition coefficient (Wildman–Crippen LogP) is 12.6. The van der Waals surface area contributed by atoms with Gasteiger partial charge in [0.05, 0.1) is 12.0 Å². The van der Waals surface area contributed by atoms with Crippen molar-refractivity contribution in [2.75, 3.05) is 0 Å². The Labute approximate surface area is 285 Å². The molecule has 0 saturated heterocycles. The number of furan rings is 1. The zero-order valence-corrected chi connectivity index (χ0v) is 26.9. The number of hydrogen-bond acceptors (Lipinski definition) is 1.